The average Bonchev–Trinajstić information content (AvgIpc) is 2.14. The molecule has 0 aromatic carbocycles. The Hall–Kier alpha value is -1.55. The maximum absolute atomic E-state index is 11.8. The molecule has 10 heteroatoms. The molecule has 1 unspecified atom stereocenters. The summed E-state index contributed by atoms with van der Waals surface area (Å²) in [6, 6.07) is 0. The van der Waals surface area contributed by atoms with Crippen molar-refractivity contribution in [3.63, 3.8) is 0 Å². The van der Waals surface area contributed by atoms with Crippen LogP contribution in [0.3, 0.4) is 0 Å². The number of carbonyl (C=O) groups excluding carboxylic acids is 2. The van der Waals surface area contributed by atoms with Crippen LogP contribution in [0.25, 0.3) is 0 Å². The minimum Gasteiger partial charge on any atom is -0.383 e. The number of nitrogens with zero attached hydrogens (tertiary/aromatic N) is 3. The predicted octanol–water partition coefficient (Wildman–Crippen LogP) is -0.249. The third-order valence-electron chi connectivity index (χ3n) is 2.90. The van der Waals surface area contributed by atoms with Crippen LogP contribution in [-0.2, 0) is 24.7 Å². The molecule has 0 aromatic rings. The molecule has 1 saturated heterocycles. The Bertz CT molecular complexity index is 525. The van der Waals surface area contributed by atoms with E-state index in [9.17, 15) is 18.0 Å². The van der Waals surface area contributed by atoms with Gasteiger partial charge in [-0.2, -0.15) is 8.42 Å². The molecule has 1 N–H and O–H groups in total. The largest absolute Gasteiger partial charge is 0.383 e. The van der Waals surface area contributed by atoms with Crippen molar-refractivity contribution in [2.24, 2.45) is 10.4 Å². The van der Waals surface area contributed by atoms with E-state index in [1.807, 2.05) is 0 Å². The van der Waals surface area contributed by atoms with E-state index in [0.717, 1.165) is 14.0 Å². The van der Waals surface area contributed by atoms with Crippen LogP contribution >= 0.6 is 0 Å². The first-order chi connectivity index (χ1) is 8.03. The van der Waals surface area contributed by atoms with Gasteiger partial charge in [-0.05, 0) is 20.8 Å². The van der Waals surface area contributed by atoms with Gasteiger partial charge < -0.3 is 4.84 Å². The molecule has 1 heterocycles. The van der Waals surface area contributed by atoms with Crippen molar-refractivity contribution >= 4 is 22.0 Å². The Morgan fingerprint density at radius 3 is 2.22 bits per heavy atom. The zero-order valence-corrected chi connectivity index (χ0v) is 11.1. The van der Waals surface area contributed by atoms with Gasteiger partial charge >= 0.3 is 10.3 Å². The van der Waals surface area contributed by atoms with Crippen molar-refractivity contribution in [1.82, 2.24) is 4.31 Å². The third kappa shape index (κ3) is 1.60. The standard InChI is InChI=1S/C8H13N3O6S/c1-5(12)8(9-10-17-4)6(13)11(7(8,2)3)18(14,15)16/h1-4H3,(H,14,15,16). The highest BCUT2D eigenvalue weighted by molar-refractivity contribution is 7.84. The highest BCUT2D eigenvalue weighted by atomic mass is 32.2. The molecule has 1 aliphatic rings. The summed E-state index contributed by atoms with van der Waals surface area (Å²) in [5.74, 6) is -1.86. The van der Waals surface area contributed by atoms with E-state index in [2.05, 4.69) is 15.2 Å². The first-order valence-corrected chi connectivity index (χ1v) is 6.22. The van der Waals surface area contributed by atoms with Crippen molar-refractivity contribution in [3.05, 3.63) is 0 Å². The molecule has 0 bridgehead atoms. The molecule has 9 nitrogen and oxygen atoms in total. The molecular formula is C8H13N3O6S. The van der Waals surface area contributed by atoms with Crippen LogP contribution in [0.4, 0.5) is 0 Å². The van der Waals surface area contributed by atoms with E-state index >= 15 is 0 Å². The Morgan fingerprint density at radius 1 is 1.44 bits per heavy atom. The van der Waals surface area contributed by atoms with E-state index in [1.54, 1.807) is 0 Å². The maximum atomic E-state index is 11.8. The fraction of sp³-hybridized carbons (Fsp3) is 0.750. The number of amides is 1. The van der Waals surface area contributed by atoms with Gasteiger partial charge in [-0.1, -0.05) is 0 Å². The Morgan fingerprint density at radius 2 is 1.94 bits per heavy atom. The molecule has 0 aromatic heterocycles. The Kier molecular flexibility index (Phi) is 3.21. The fourth-order valence-electron chi connectivity index (χ4n) is 2.07. The van der Waals surface area contributed by atoms with Crippen LogP contribution in [0, 0.1) is 0 Å². The van der Waals surface area contributed by atoms with Crippen molar-refractivity contribution in [1.29, 1.82) is 0 Å². The van der Waals surface area contributed by atoms with Gasteiger partial charge in [0, 0.05) is 5.28 Å². The van der Waals surface area contributed by atoms with Crippen LogP contribution in [-0.4, -0.2) is 47.2 Å². The summed E-state index contributed by atoms with van der Waals surface area (Å²) in [7, 11) is -3.60. The summed E-state index contributed by atoms with van der Waals surface area (Å²) in [4.78, 5) is 27.8. The molecule has 1 atom stereocenters. The molecule has 102 valence electrons. The van der Waals surface area contributed by atoms with Gasteiger partial charge in [0.05, 0.1) is 5.54 Å². The molecule has 1 fully saturated rings. The van der Waals surface area contributed by atoms with Crippen molar-refractivity contribution in [2.45, 2.75) is 31.8 Å². The average molecular weight is 279 g/mol. The minimum atomic E-state index is -4.76. The predicted molar refractivity (Wildman–Crippen MR) is 57.8 cm³/mol. The highest BCUT2D eigenvalue weighted by Crippen LogP contribution is 2.46. The Labute approximate surface area is 104 Å². The molecule has 0 radical (unpaired) electrons. The lowest BCUT2D eigenvalue weighted by Crippen LogP contribution is -2.82. The molecule has 0 aliphatic carbocycles. The van der Waals surface area contributed by atoms with Crippen LogP contribution < -0.4 is 0 Å². The third-order valence-corrected chi connectivity index (χ3v) is 3.98. The number of rotatable bonds is 4. The lowest BCUT2D eigenvalue weighted by atomic mass is 9.69. The lowest BCUT2D eigenvalue weighted by molar-refractivity contribution is -0.164. The van der Waals surface area contributed by atoms with E-state index in [0.29, 0.717) is 0 Å². The van der Waals surface area contributed by atoms with Crippen molar-refractivity contribution < 1.29 is 27.4 Å². The summed E-state index contributed by atoms with van der Waals surface area (Å²) >= 11 is 0. The summed E-state index contributed by atoms with van der Waals surface area (Å²) in [6.07, 6.45) is 0. The van der Waals surface area contributed by atoms with Crippen LogP contribution in [0.5, 0.6) is 0 Å². The second kappa shape index (κ2) is 3.99. The topological polar surface area (TPSA) is 126 Å². The summed E-state index contributed by atoms with van der Waals surface area (Å²) in [5, 5.41) is 6.59. The van der Waals surface area contributed by atoms with E-state index in [4.69, 9.17) is 4.55 Å². The first-order valence-electron chi connectivity index (χ1n) is 4.82. The summed E-state index contributed by atoms with van der Waals surface area (Å²) in [5.41, 5.74) is -3.57. The number of hydrogen-bond donors (Lipinski definition) is 1. The Balaban J connectivity index is 3.39. The fourth-order valence-corrected chi connectivity index (χ4v) is 3.12. The van der Waals surface area contributed by atoms with E-state index < -0.39 is 33.1 Å². The number of carbonyl (C=O) groups is 2. The smallest absolute Gasteiger partial charge is 0.362 e. The maximum Gasteiger partial charge on any atom is 0.362 e. The minimum absolute atomic E-state index is 0.191. The highest BCUT2D eigenvalue weighted by Gasteiger charge is 2.74. The number of Topliss-reactive ketones (excluding diaryl/α,β-unsaturated/α-hetero) is 1. The number of β-lactam (4-membered cyclic amide) rings is 1. The van der Waals surface area contributed by atoms with Crippen molar-refractivity contribution in [2.75, 3.05) is 7.11 Å². The molecule has 0 saturated carbocycles. The second-order valence-corrected chi connectivity index (χ2v) is 5.50. The number of hydrogen-bond acceptors (Lipinski definition) is 7. The summed E-state index contributed by atoms with van der Waals surface area (Å²) < 4.78 is 31.3. The van der Waals surface area contributed by atoms with Gasteiger partial charge in [-0.15, -0.1) is 5.11 Å². The molecule has 1 amide bonds. The van der Waals surface area contributed by atoms with E-state index in [-0.39, 0.29) is 4.31 Å². The SMILES string of the molecule is CON=NC1(C(C)=O)C(=O)N(S(=O)(=O)O)C1(C)C. The molecule has 0 spiro atoms. The van der Waals surface area contributed by atoms with Gasteiger partial charge in [0.25, 0.3) is 5.91 Å². The molecule has 18 heavy (non-hydrogen) atoms. The summed E-state index contributed by atoms with van der Waals surface area (Å²) in [6.45, 7) is 3.63. The van der Waals surface area contributed by atoms with Gasteiger partial charge in [-0.3, -0.25) is 14.1 Å². The normalized spacial score (nSPS) is 27.2. The van der Waals surface area contributed by atoms with Gasteiger partial charge in [0.1, 0.15) is 7.11 Å². The van der Waals surface area contributed by atoms with Crippen LogP contribution in [0.2, 0.25) is 0 Å². The lowest BCUT2D eigenvalue weighted by Gasteiger charge is -2.54. The zero-order valence-electron chi connectivity index (χ0n) is 10.2. The molecular weight excluding hydrogens is 266 g/mol. The zero-order chi connectivity index (χ0) is 14.4. The molecule has 1 aliphatic heterocycles. The quantitative estimate of drug-likeness (QED) is 0.249. The van der Waals surface area contributed by atoms with Gasteiger partial charge in [0.2, 0.25) is 5.54 Å². The monoisotopic (exact) mass is 279 g/mol. The van der Waals surface area contributed by atoms with Crippen LogP contribution in [0.1, 0.15) is 20.8 Å². The van der Waals surface area contributed by atoms with Gasteiger partial charge in [0.15, 0.2) is 5.78 Å². The van der Waals surface area contributed by atoms with Crippen LogP contribution in [0.15, 0.2) is 10.4 Å². The van der Waals surface area contributed by atoms with E-state index in [1.165, 1.54) is 13.8 Å². The first kappa shape index (κ1) is 14.5. The molecule has 1 rings (SSSR count). The number of ketones is 1. The van der Waals surface area contributed by atoms with Gasteiger partial charge in [-0.25, -0.2) is 4.31 Å². The van der Waals surface area contributed by atoms with Crippen molar-refractivity contribution in [3.8, 4) is 0 Å². The second-order valence-electron chi connectivity index (χ2n) is 4.24.